The molecule has 0 bridgehead atoms. The Labute approximate surface area is 85.1 Å². The highest BCUT2D eigenvalue weighted by molar-refractivity contribution is 6.19. The second-order valence-corrected chi connectivity index (χ2v) is 3.25. The number of nitrogens with zero attached hydrogens (tertiary/aromatic N) is 1. The minimum absolute atomic E-state index is 0.389. The molecule has 14 heavy (non-hydrogen) atoms. The van der Waals surface area contributed by atoms with E-state index >= 15 is 0 Å². The molecule has 0 saturated carbocycles. The van der Waals surface area contributed by atoms with E-state index in [1.807, 2.05) is 18.0 Å². The van der Waals surface area contributed by atoms with Crippen LogP contribution >= 0.6 is 11.6 Å². The van der Waals surface area contributed by atoms with Crippen LogP contribution in [0.25, 0.3) is 11.1 Å². The smallest absolute Gasteiger partial charge is 0.408 e. The summed E-state index contributed by atoms with van der Waals surface area (Å²) in [7, 11) is 1.86. The molecular formula is C9H9ClN2O2. The number of hydrogen-bond donors (Lipinski definition) is 1. The van der Waals surface area contributed by atoms with E-state index < -0.39 is 5.76 Å². The molecule has 0 spiro atoms. The van der Waals surface area contributed by atoms with Crippen molar-refractivity contribution in [1.29, 1.82) is 0 Å². The Morgan fingerprint density at radius 1 is 1.57 bits per heavy atom. The lowest BCUT2D eigenvalue weighted by Gasteiger charge is -2.14. The van der Waals surface area contributed by atoms with Gasteiger partial charge in [-0.2, -0.15) is 0 Å². The highest BCUT2D eigenvalue weighted by Crippen LogP contribution is 2.19. The van der Waals surface area contributed by atoms with E-state index in [1.54, 1.807) is 12.1 Å². The van der Waals surface area contributed by atoms with Gasteiger partial charge in [-0.15, -0.1) is 11.6 Å². The Morgan fingerprint density at radius 3 is 3.07 bits per heavy atom. The molecule has 1 heterocycles. The van der Waals surface area contributed by atoms with Crippen LogP contribution in [0, 0.1) is 0 Å². The SMILES string of the molecule is CN(CCl)c1ccc2[nH]c(=O)oc2c1. The predicted molar refractivity (Wildman–Crippen MR) is 56.0 cm³/mol. The Bertz CT molecular complexity index is 503. The molecular weight excluding hydrogens is 204 g/mol. The third-order valence-corrected chi connectivity index (χ3v) is 2.38. The number of alkyl halides is 1. The number of anilines is 1. The summed E-state index contributed by atoms with van der Waals surface area (Å²) in [6, 6.07) is 5.82. The minimum Gasteiger partial charge on any atom is -0.408 e. The van der Waals surface area contributed by atoms with Gasteiger partial charge in [0.15, 0.2) is 5.58 Å². The average molecular weight is 213 g/mol. The number of aromatic nitrogens is 1. The van der Waals surface area contributed by atoms with Crippen LogP contribution in [-0.4, -0.2) is 18.0 Å². The number of H-pyrrole nitrogens is 1. The second kappa shape index (κ2) is 3.38. The Balaban J connectivity index is 2.55. The van der Waals surface area contributed by atoms with Gasteiger partial charge in [0.25, 0.3) is 0 Å². The maximum Gasteiger partial charge on any atom is 0.417 e. The standard InChI is InChI=1S/C9H9ClN2O2/c1-12(5-10)6-2-3-7-8(4-6)14-9(13)11-7/h2-4H,5H2,1H3,(H,11,13). The van der Waals surface area contributed by atoms with Gasteiger partial charge in [-0.1, -0.05) is 0 Å². The number of hydrogen-bond acceptors (Lipinski definition) is 3. The number of aromatic amines is 1. The molecule has 1 N–H and O–H groups in total. The third-order valence-electron chi connectivity index (χ3n) is 2.02. The van der Waals surface area contributed by atoms with Gasteiger partial charge in [0.1, 0.15) is 0 Å². The number of oxazole rings is 1. The van der Waals surface area contributed by atoms with Crippen molar-refractivity contribution in [1.82, 2.24) is 4.98 Å². The first-order chi connectivity index (χ1) is 6.70. The zero-order valence-electron chi connectivity index (χ0n) is 7.58. The molecule has 0 aliphatic carbocycles. The van der Waals surface area contributed by atoms with Crippen molar-refractivity contribution >= 4 is 28.4 Å². The summed E-state index contributed by atoms with van der Waals surface area (Å²) in [4.78, 5) is 15.3. The second-order valence-electron chi connectivity index (χ2n) is 3.01. The van der Waals surface area contributed by atoms with Crippen LogP contribution in [0.15, 0.2) is 27.4 Å². The molecule has 74 valence electrons. The number of rotatable bonds is 2. The maximum absolute atomic E-state index is 10.9. The van der Waals surface area contributed by atoms with Crippen molar-refractivity contribution in [3.8, 4) is 0 Å². The summed E-state index contributed by atoms with van der Waals surface area (Å²) in [5.41, 5.74) is 2.15. The fourth-order valence-corrected chi connectivity index (χ4v) is 1.38. The van der Waals surface area contributed by atoms with Crippen LogP contribution in [0.5, 0.6) is 0 Å². The lowest BCUT2D eigenvalue weighted by molar-refractivity contribution is 0.555. The highest BCUT2D eigenvalue weighted by Gasteiger charge is 2.04. The third kappa shape index (κ3) is 1.48. The van der Waals surface area contributed by atoms with Gasteiger partial charge in [0, 0.05) is 18.8 Å². The molecule has 0 atom stereocenters. The molecule has 1 aromatic carbocycles. The van der Waals surface area contributed by atoms with Crippen LogP contribution in [-0.2, 0) is 0 Å². The van der Waals surface area contributed by atoms with E-state index in [9.17, 15) is 4.79 Å². The van der Waals surface area contributed by atoms with Crippen molar-refractivity contribution in [2.24, 2.45) is 0 Å². The molecule has 0 aliphatic heterocycles. The molecule has 2 rings (SSSR count). The summed E-state index contributed by atoms with van der Waals surface area (Å²) in [6.45, 7) is 0. The van der Waals surface area contributed by atoms with Crippen molar-refractivity contribution in [3.63, 3.8) is 0 Å². The molecule has 4 nitrogen and oxygen atoms in total. The lowest BCUT2D eigenvalue weighted by Crippen LogP contribution is -2.13. The summed E-state index contributed by atoms with van der Waals surface area (Å²) in [6.07, 6.45) is 0. The average Bonchev–Trinajstić information content (AvgIpc) is 2.55. The maximum atomic E-state index is 10.9. The molecule has 5 heteroatoms. The van der Waals surface area contributed by atoms with E-state index in [1.165, 1.54) is 0 Å². The molecule has 0 fully saturated rings. The summed E-state index contributed by atoms with van der Waals surface area (Å²) < 4.78 is 4.92. The van der Waals surface area contributed by atoms with E-state index in [0.29, 0.717) is 17.1 Å². The molecule has 0 amide bonds. The van der Waals surface area contributed by atoms with Crippen molar-refractivity contribution in [2.75, 3.05) is 18.0 Å². The largest absolute Gasteiger partial charge is 0.417 e. The van der Waals surface area contributed by atoms with E-state index in [2.05, 4.69) is 4.98 Å². The fraction of sp³-hybridized carbons (Fsp3) is 0.222. The Morgan fingerprint density at radius 2 is 2.36 bits per heavy atom. The summed E-state index contributed by atoms with van der Waals surface area (Å²) in [5.74, 6) is -0.439. The van der Waals surface area contributed by atoms with E-state index in [-0.39, 0.29) is 0 Å². The monoisotopic (exact) mass is 212 g/mol. The first kappa shape index (κ1) is 9.15. The van der Waals surface area contributed by atoms with Gasteiger partial charge in [-0.25, -0.2) is 4.79 Å². The number of benzene rings is 1. The van der Waals surface area contributed by atoms with Gasteiger partial charge >= 0.3 is 5.76 Å². The number of halogens is 1. The zero-order valence-corrected chi connectivity index (χ0v) is 8.34. The van der Waals surface area contributed by atoms with Crippen molar-refractivity contribution < 1.29 is 4.42 Å². The lowest BCUT2D eigenvalue weighted by atomic mass is 10.3. The quantitative estimate of drug-likeness (QED) is 0.610. The minimum atomic E-state index is -0.439. The normalized spacial score (nSPS) is 10.7. The van der Waals surface area contributed by atoms with Crippen LogP contribution in [0.3, 0.4) is 0 Å². The fourth-order valence-electron chi connectivity index (χ4n) is 1.24. The van der Waals surface area contributed by atoms with Crippen LogP contribution in [0.4, 0.5) is 5.69 Å². The summed E-state index contributed by atoms with van der Waals surface area (Å²) in [5, 5.41) is 0. The van der Waals surface area contributed by atoms with Crippen molar-refractivity contribution in [3.05, 3.63) is 28.7 Å². The molecule has 0 saturated heterocycles. The van der Waals surface area contributed by atoms with Crippen LogP contribution in [0.1, 0.15) is 0 Å². The van der Waals surface area contributed by atoms with Gasteiger partial charge in [-0.05, 0) is 12.1 Å². The zero-order chi connectivity index (χ0) is 10.1. The van der Waals surface area contributed by atoms with E-state index in [4.69, 9.17) is 16.0 Å². The molecule has 0 aliphatic rings. The first-order valence-electron chi connectivity index (χ1n) is 4.10. The molecule has 1 aromatic heterocycles. The van der Waals surface area contributed by atoms with Crippen LogP contribution in [0.2, 0.25) is 0 Å². The molecule has 2 aromatic rings. The number of fused-ring (bicyclic) bond motifs is 1. The van der Waals surface area contributed by atoms with Gasteiger partial charge in [0.2, 0.25) is 0 Å². The number of nitrogens with one attached hydrogen (secondary N) is 1. The van der Waals surface area contributed by atoms with E-state index in [0.717, 1.165) is 5.69 Å². The van der Waals surface area contributed by atoms with Gasteiger partial charge < -0.3 is 9.32 Å². The predicted octanol–water partition coefficient (Wildman–Crippen LogP) is 1.75. The Hall–Kier alpha value is -1.42. The molecule has 0 radical (unpaired) electrons. The highest BCUT2D eigenvalue weighted by atomic mass is 35.5. The first-order valence-corrected chi connectivity index (χ1v) is 4.64. The van der Waals surface area contributed by atoms with Crippen LogP contribution < -0.4 is 10.7 Å². The van der Waals surface area contributed by atoms with Gasteiger partial charge in [0.05, 0.1) is 11.5 Å². The summed E-state index contributed by atoms with van der Waals surface area (Å²) >= 11 is 5.67. The molecule has 0 unspecified atom stereocenters. The topological polar surface area (TPSA) is 49.2 Å². The Kier molecular flexibility index (Phi) is 2.21. The van der Waals surface area contributed by atoms with Crippen molar-refractivity contribution in [2.45, 2.75) is 0 Å². The van der Waals surface area contributed by atoms with Gasteiger partial charge in [-0.3, -0.25) is 4.98 Å².